The van der Waals surface area contributed by atoms with Crippen LogP contribution in [0.4, 0.5) is 0 Å². The number of hydrogen-bond donors (Lipinski definition) is 0. The molecule has 2 unspecified atom stereocenters. The molecule has 1 aliphatic heterocycles. The third kappa shape index (κ3) is 4.28. The molecule has 0 amide bonds. The Kier molecular flexibility index (Phi) is 7.01. The van der Waals surface area contributed by atoms with E-state index in [1.54, 1.807) is 0 Å². The molecule has 0 saturated carbocycles. The highest BCUT2D eigenvalue weighted by molar-refractivity contribution is 7.04. The van der Waals surface area contributed by atoms with E-state index in [-0.39, 0.29) is 0 Å². The first kappa shape index (κ1) is 16.1. The number of likely N-dealkylation sites (N-methyl/N-ethyl adjacent to an activating group) is 1. The van der Waals surface area contributed by atoms with Gasteiger partial charge < -0.3 is 0 Å². The smallest absolute Gasteiger partial charge is 0.123 e. The van der Waals surface area contributed by atoms with E-state index in [9.17, 15) is 0 Å². The molecule has 0 aromatic heterocycles. The lowest BCUT2D eigenvalue weighted by Crippen LogP contribution is -2.41. The van der Waals surface area contributed by atoms with Crippen molar-refractivity contribution in [2.75, 3.05) is 13.6 Å². The number of rotatable bonds is 5. The summed E-state index contributed by atoms with van der Waals surface area (Å²) in [6.45, 7) is 13.6. The molecule has 102 valence electrons. The van der Waals surface area contributed by atoms with Crippen molar-refractivity contribution in [3.63, 3.8) is 0 Å². The first-order valence-electron chi connectivity index (χ1n) is 7.50. The van der Waals surface area contributed by atoms with Crippen LogP contribution in [-0.4, -0.2) is 38.9 Å². The SMILES string of the molecule is C=C/C=C\C1=C(/C=C)BBCCN(C)C1C(C)CC. The first-order valence-corrected chi connectivity index (χ1v) is 7.50. The van der Waals surface area contributed by atoms with Crippen LogP contribution in [0.3, 0.4) is 0 Å². The average Bonchev–Trinajstić information content (AvgIpc) is 2.41. The van der Waals surface area contributed by atoms with Gasteiger partial charge in [0, 0.05) is 6.04 Å². The molecule has 0 fully saturated rings. The van der Waals surface area contributed by atoms with Crippen LogP contribution in [0.15, 0.2) is 48.5 Å². The topological polar surface area (TPSA) is 3.24 Å². The zero-order valence-corrected chi connectivity index (χ0v) is 12.9. The molecule has 0 radical (unpaired) electrons. The maximum Gasteiger partial charge on any atom is 0.123 e. The van der Waals surface area contributed by atoms with Crippen LogP contribution in [-0.2, 0) is 0 Å². The summed E-state index contributed by atoms with van der Waals surface area (Å²) in [6.07, 6.45) is 10.7. The van der Waals surface area contributed by atoms with E-state index in [4.69, 9.17) is 0 Å². The fraction of sp³-hybridized carbons (Fsp3) is 0.500. The van der Waals surface area contributed by atoms with Crippen molar-refractivity contribution in [2.24, 2.45) is 5.92 Å². The average molecular weight is 255 g/mol. The van der Waals surface area contributed by atoms with Gasteiger partial charge in [-0.3, -0.25) is 4.90 Å². The maximum absolute atomic E-state index is 4.02. The van der Waals surface area contributed by atoms with Gasteiger partial charge in [0.2, 0.25) is 0 Å². The second kappa shape index (κ2) is 8.27. The summed E-state index contributed by atoms with van der Waals surface area (Å²) in [4.78, 5) is 2.51. The highest BCUT2D eigenvalue weighted by Crippen LogP contribution is 2.26. The fourth-order valence-electron chi connectivity index (χ4n) is 2.95. The summed E-state index contributed by atoms with van der Waals surface area (Å²) in [7, 11) is 4.66. The van der Waals surface area contributed by atoms with Gasteiger partial charge in [0.25, 0.3) is 0 Å². The minimum atomic E-state index is 0.495. The van der Waals surface area contributed by atoms with E-state index in [1.165, 1.54) is 37.5 Å². The third-order valence-electron chi connectivity index (χ3n) is 4.21. The van der Waals surface area contributed by atoms with Crippen LogP contribution in [0.5, 0.6) is 0 Å². The van der Waals surface area contributed by atoms with Crippen molar-refractivity contribution >= 4 is 14.3 Å². The van der Waals surface area contributed by atoms with Gasteiger partial charge in [-0.05, 0) is 25.1 Å². The Morgan fingerprint density at radius 2 is 2.21 bits per heavy atom. The van der Waals surface area contributed by atoms with Gasteiger partial charge in [-0.2, -0.15) is 0 Å². The van der Waals surface area contributed by atoms with E-state index in [1.807, 2.05) is 6.08 Å². The molecule has 0 saturated heterocycles. The summed E-state index contributed by atoms with van der Waals surface area (Å²) >= 11 is 0. The standard InChI is InChI=1S/C16H27B2N/c1-6-9-10-14-15(8-3)18-17-11-12-19(5)16(14)13(4)7-2/h6,8-10,13,16-18H,1,3,7,11-12H2,2,4-5H3/b10-9-,15-14-. The molecule has 1 aliphatic rings. The zero-order chi connectivity index (χ0) is 14.3. The molecular formula is C16H27B2N. The molecule has 0 bridgehead atoms. The van der Waals surface area contributed by atoms with Crippen molar-refractivity contribution in [3.05, 3.63) is 48.5 Å². The Morgan fingerprint density at radius 3 is 2.79 bits per heavy atom. The summed E-state index contributed by atoms with van der Waals surface area (Å²) in [6, 6.07) is 0.495. The van der Waals surface area contributed by atoms with E-state index in [0.29, 0.717) is 12.0 Å². The summed E-state index contributed by atoms with van der Waals surface area (Å²) in [5.74, 6) is 0.655. The monoisotopic (exact) mass is 255 g/mol. The van der Waals surface area contributed by atoms with Crippen LogP contribution >= 0.6 is 0 Å². The number of allylic oxidation sites excluding steroid dienone is 4. The van der Waals surface area contributed by atoms with Gasteiger partial charge in [-0.1, -0.05) is 69.5 Å². The summed E-state index contributed by atoms with van der Waals surface area (Å²) in [5, 5.41) is 0. The predicted octanol–water partition coefficient (Wildman–Crippen LogP) is 2.74. The Bertz CT molecular complexity index is 371. The number of nitrogens with zero attached hydrogens (tertiary/aromatic N) is 1. The molecule has 1 heterocycles. The van der Waals surface area contributed by atoms with Crippen LogP contribution in [0.25, 0.3) is 0 Å². The molecule has 0 N–H and O–H groups in total. The van der Waals surface area contributed by atoms with Crippen molar-refractivity contribution in [1.82, 2.24) is 4.90 Å². The molecule has 3 heteroatoms. The Labute approximate surface area is 120 Å². The van der Waals surface area contributed by atoms with Gasteiger partial charge in [0.15, 0.2) is 0 Å². The Morgan fingerprint density at radius 1 is 1.47 bits per heavy atom. The van der Waals surface area contributed by atoms with Gasteiger partial charge in [0.05, 0.1) is 7.17 Å². The molecule has 0 spiro atoms. The molecule has 0 aromatic rings. The quantitative estimate of drug-likeness (QED) is 0.539. The lowest BCUT2D eigenvalue weighted by atomic mass is 9.34. The van der Waals surface area contributed by atoms with E-state index >= 15 is 0 Å². The van der Waals surface area contributed by atoms with Gasteiger partial charge >= 0.3 is 0 Å². The lowest BCUT2D eigenvalue weighted by molar-refractivity contribution is 0.221. The predicted molar refractivity (Wildman–Crippen MR) is 91.5 cm³/mol. The molecular weight excluding hydrogens is 228 g/mol. The van der Waals surface area contributed by atoms with E-state index in [2.05, 4.69) is 57.2 Å². The molecule has 19 heavy (non-hydrogen) atoms. The maximum atomic E-state index is 4.02. The van der Waals surface area contributed by atoms with Crippen molar-refractivity contribution in [3.8, 4) is 0 Å². The lowest BCUT2D eigenvalue weighted by Gasteiger charge is -2.36. The molecule has 1 nitrogen and oxygen atoms in total. The summed E-state index contributed by atoms with van der Waals surface area (Å²) < 4.78 is 0. The largest absolute Gasteiger partial charge is 0.300 e. The highest BCUT2D eigenvalue weighted by atomic mass is 15.1. The molecule has 0 aromatic carbocycles. The van der Waals surface area contributed by atoms with E-state index in [0.717, 1.165) is 7.17 Å². The van der Waals surface area contributed by atoms with Crippen molar-refractivity contribution in [2.45, 2.75) is 32.6 Å². The van der Waals surface area contributed by atoms with Crippen LogP contribution < -0.4 is 0 Å². The fourth-order valence-corrected chi connectivity index (χ4v) is 2.95. The third-order valence-corrected chi connectivity index (χ3v) is 4.21. The Hall–Kier alpha value is -0.950. The van der Waals surface area contributed by atoms with Gasteiger partial charge in [-0.15, -0.1) is 0 Å². The number of hydrogen-bond acceptors (Lipinski definition) is 1. The van der Waals surface area contributed by atoms with Crippen LogP contribution in [0, 0.1) is 5.92 Å². The minimum absolute atomic E-state index is 0.495. The van der Waals surface area contributed by atoms with Gasteiger partial charge in [-0.25, -0.2) is 0 Å². The molecule has 0 aliphatic carbocycles. The van der Waals surface area contributed by atoms with Crippen molar-refractivity contribution < 1.29 is 0 Å². The second-order valence-electron chi connectivity index (χ2n) is 5.55. The summed E-state index contributed by atoms with van der Waals surface area (Å²) in [5.41, 5.74) is 2.85. The highest BCUT2D eigenvalue weighted by Gasteiger charge is 2.26. The molecule has 1 rings (SSSR count). The minimum Gasteiger partial charge on any atom is -0.300 e. The molecule has 2 atom stereocenters. The van der Waals surface area contributed by atoms with E-state index < -0.39 is 0 Å². The van der Waals surface area contributed by atoms with Crippen LogP contribution in [0.2, 0.25) is 6.32 Å². The normalized spacial score (nSPS) is 27.0. The van der Waals surface area contributed by atoms with Crippen molar-refractivity contribution in [1.29, 1.82) is 0 Å². The Balaban J connectivity index is 3.25. The zero-order valence-electron chi connectivity index (χ0n) is 12.9. The van der Waals surface area contributed by atoms with Crippen LogP contribution in [0.1, 0.15) is 20.3 Å². The van der Waals surface area contributed by atoms with Gasteiger partial charge in [0.1, 0.15) is 7.17 Å². The second-order valence-corrected chi connectivity index (χ2v) is 5.55. The first-order chi connectivity index (χ1) is 9.15.